The summed E-state index contributed by atoms with van der Waals surface area (Å²) < 4.78 is 0. The minimum atomic E-state index is 0.264. The van der Waals surface area contributed by atoms with E-state index < -0.39 is 0 Å². The summed E-state index contributed by atoms with van der Waals surface area (Å²) in [5, 5.41) is 0. The molecule has 0 aromatic carbocycles. The van der Waals surface area contributed by atoms with Gasteiger partial charge in [-0.25, -0.2) is 0 Å². The summed E-state index contributed by atoms with van der Waals surface area (Å²) in [6, 6.07) is 0.531. The molecule has 0 spiro atoms. The normalized spacial score (nSPS) is 39.0. The van der Waals surface area contributed by atoms with Crippen molar-refractivity contribution < 1.29 is 0 Å². The van der Waals surface area contributed by atoms with E-state index in [0.29, 0.717) is 0 Å². The highest BCUT2D eigenvalue weighted by atomic mass is 14.8. The van der Waals surface area contributed by atoms with Crippen LogP contribution in [0.1, 0.15) is 39.0 Å². The van der Waals surface area contributed by atoms with E-state index in [-0.39, 0.29) is 12.1 Å². The van der Waals surface area contributed by atoms with Gasteiger partial charge < -0.3 is 11.5 Å². The lowest BCUT2D eigenvalue weighted by atomic mass is 9.81. The van der Waals surface area contributed by atoms with E-state index in [1.807, 2.05) is 0 Å². The van der Waals surface area contributed by atoms with E-state index in [2.05, 4.69) is 6.92 Å². The average molecular weight is 156 g/mol. The minimum absolute atomic E-state index is 0.264. The zero-order valence-electron chi connectivity index (χ0n) is 7.42. The number of hydrogen-bond donors (Lipinski definition) is 2. The number of nitrogens with two attached hydrogens (primary N) is 2. The first-order valence-corrected chi connectivity index (χ1v) is 4.75. The lowest BCUT2D eigenvalue weighted by Crippen LogP contribution is -2.45. The molecule has 1 fully saturated rings. The molecule has 1 aliphatic carbocycles. The number of hydrogen-bond acceptors (Lipinski definition) is 2. The molecular weight excluding hydrogens is 136 g/mol. The van der Waals surface area contributed by atoms with Gasteiger partial charge in [0.25, 0.3) is 0 Å². The summed E-state index contributed by atoms with van der Waals surface area (Å²) in [5.41, 5.74) is 11.7. The first-order valence-electron chi connectivity index (χ1n) is 4.75. The van der Waals surface area contributed by atoms with Gasteiger partial charge in [0.2, 0.25) is 0 Å². The fourth-order valence-electron chi connectivity index (χ4n) is 1.99. The van der Waals surface area contributed by atoms with Crippen LogP contribution in [0.4, 0.5) is 0 Å². The quantitative estimate of drug-likeness (QED) is 0.632. The summed E-state index contributed by atoms with van der Waals surface area (Å²) in [7, 11) is 0. The third kappa shape index (κ3) is 2.46. The molecule has 0 aliphatic heterocycles. The summed E-state index contributed by atoms with van der Waals surface area (Å²) in [5.74, 6) is 0.856. The highest BCUT2D eigenvalue weighted by Crippen LogP contribution is 2.25. The lowest BCUT2D eigenvalue weighted by Gasteiger charge is -2.31. The topological polar surface area (TPSA) is 52.0 Å². The Morgan fingerprint density at radius 2 is 1.91 bits per heavy atom. The monoisotopic (exact) mass is 156 g/mol. The molecule has 11 heavy (non-hydrogen) atoms. The van der Waals surface area contributed by atoms with Crippen molar-refractivity contribution in [1.82, 2.24) is 0 Å². The van der Waals surface area contributed by atoms with E-state index in [0.717, 1.165) is 18.8 Å². The molecule has 1 saturated carbocycles. The molecule has 1 rings (SSSR count). The maximum atomic E-state index is 5.87. The van der Waals surface area contributed by atoms with Gasteiger partial charge in [-0.15, -0.1) is 0 Å². The lowest BCUT2D eigenvalue weighted by molar-refractivity contribution is 0.275. The van der Waals surface area contributed by atoms with Crippen molar-refractivity contribution in [2.75, 3.05) is 0 Å². The fourth-order valence-corrected chi connectivity index (χ4v) is 1.99. The maximum Gasteiger partial charge on any atom is 0.0194 e. The molecule has 1 aliphatic rings. The van der Waals surface area contributed by atoms with Crippen molar-refractivity contribution in [3.63, 3.8) is 0 Å². The van der Waals surface area contributed by atoms with Crippen LogP contribution < -0.4 is 11.5 Å². The Hall–Kier alpha value is -0.0800. The second-order valence-electron chi connectivity index (χ2n) is 3.80. The molecule has 0 heterocycles. The first kappa shape index (κ1) is 9.01. The second-order valence-corrected chi connectivity index (χ2v) is 3.80. The first-order chi connectivity index (χ1) is 5.24. The Kier molecular flexibility index (Phi) is 3.34. The van der Waals surface area contributed by atoms with Gasteiger partial charge in [-0.05, 0) is 25.2 Å². The third-order valence-electron chi connectivity index (χ3n) is 2.76. The van der Waals surface area contributed by atoms with Crippen LogP contribution in [-0.4, -0.2) is 12.1 Å². The fraction of sp³-hybridized carbons (Fsp3) is 1.00. The van der Waals surface area contributed by atoms with E-state index in [9.17, 15) is 0 Å². The van der Waals surface area contributed by atoms with Gasteiger partial charge in [0.1, 0.15) is 0 Å². The molecule has 0 aromatic rings. The van der Waals surface area contributed by atoms with Crippen molar-refractivity contribution in [3.8, 4) is 0 Å². The van der Waals surface area contributed by atoms with Crippen molar-refractivity contribution in [3.05, 3.63) is 0 Å². The molecule has 3 atom stereocenters. The Balaban J connectivity index is 2.28. The summed E-state index contributed by atoms with van der Waals surface area (Å²) in [6.07, 6.45) is 6.19. The van der Waals surface area contributed by atoms with Gasteiger partial charge in [0, 0.05) is 12.1 Å². The minimum Gasteiger partial charge on any atom is -0.326 e. The second kappa shape index (κ2) is 4.07. The molecule has 2 heteroatoms. The van der Waals surface area contributed by atoms with Gasteiger partial charge in [0.15, 0.2) is 0 Å². The molecule has 66 valence electrons. The maximum absolute atomic E-state index is 5.87. The predicted molar refractivity (Wildman–Crippen MR) is 48.2 cm³/mol. The Morgan fingerprint density at radius 3 is 2.45 bits per heavy atom. The highest BCUT2D eigenvalue weighted by Gasteiger charge is 2.24. The predicted octanol–water partition coefficient (Wildman–Crippen LogP) is 1.24. The number of rotatable bonds is 2. The van der Waals surface area contributed by atoms with Crippen LogP contribution in [0.2, 0.25) is 0 Å². The summed E-state index contributed by atoms with van der Waals surface area (Å²) >= 11 is 0. The van der Waals surface area contributed by atoms with E-state index in [1.54, 1.807) is 0 Å². The Labute approximate surface area is 69.3 Å². The van der Waals surface area contributed by atoms with Crippen LogP contribution in [0.25, 0.3) is 0 Å². The molecule has 2 nitrogen and oxygen atoms in total. The zero-order chi connectivity index (χ0) is 8.27. The van der Waals surface area contributed by atoms with E-state index in [4.69, 9.17) is 11.5 Å². The van der Waals surface area contributed by atoms with Gasteiger partial charge >= 0.3 is 0 Å². The van der Waals surface area contributed by atoms with Gasteiger partial charge in [-0.2, -0.15) is 0 Å². The highest BCUT2D eigenvalue weighted by molar-refractivity contribution is 4.84. The standard InChI is InChI=1S/C9H20N2/c1-2-3-7-4-5-8(10)9(11)6-7/h7-9H,2-6,10-11H2,1H3/t7?,8-,9-/m1/s1. The van der Waals surface area contributed by atoms with Crippen molar-refractivity contribution >= 4 is 0 Å². The van der Waals surface area contributed by atoms with Crippen molar-refractivity contribution in [1.29, 1.82) is 0 Å². The molecule has 4 N–H and O–H groups in total. The van der Waals surface area contributed by atoms with E-state index in [1.165, 1.54) is 19.3 Å². The zero-order valence-corrected chi connectivity index (χ0v) is 7.42. The van der Waals surface area contributed by atoms with E-state index >= 15 is 0 Å². The summed E-state index contributed by atoms with van der Waals surface area (Å²) in [4.78, 5) is 0. The van der Waals surface area contributed by atoms with Crippen LogP contribution >= 0.6 is 0 Å². The third-order valence-corrected chi connectivity index (χ3v) is 2.76. The largest absolute Gasteiger partial charge is 0.326 e. The molecular formula is C9H20N2. The van der Waals surface area contributed by atoms with Gasteiger partial charge in [0.05, 0.1) is 0 Å². The van der Waals surface area contributed by atoms with Crippen molar-refractivity contribution in [2.24, 2.45) is 17.4 Å². The molecule has 0 bridgehead atoms. The van der Waals surface area contributed by atoms with Crippen LogP contribution in [0.5, 0.6) is 0 Å². The summed E-state index contributed by atoms with van der Waals surface area (Å²) in [6.45, 7) is 2.24. The Bertz CT molecular complexity index is 114. The van der Waals surface area contributed by atoms with Crippen LogP contribution in [0.15, 0.2) is 0 Å². The SMILES string of the molecule is CCCC1CC[C@@H](N)[C@H](N)C1. The van der Waals surface area contributed by atoms with Gasteiger partial charge in [-0.3, -0.25) is 0 Å². The van der Waals surface area contributed by atoms with Gasteiger partial charge in [-0.1, -0.05) is 19.8 Å². The van der Waals surface area contributed by atoms with Crippen molar-refractivity contribution in [2.45, 2.75) is 51.1 Å². The average Bonchev–Trinajstić information content (AvgIpc) is 1.98. The van der Waals surface area contributed by atoms with Crippen LogP contribution in [0.3, 0.4) is 0 Å². The molecule has 0 aromatic heterocycles. The smallest absolute Gasteiger partial charge is 0.0194 e. The Morgan fingerprint density at radius 1 is 1.18 bits per heavy atom. The molecule has 0 radical (unpaired) electrons. The van der Waals surface area contributed by atoms with Crippen LogP contribution in [0, 0.1) is 5.92 Å². The molecule has 1 unspecified atom stereocenters. The molecule has 0 saturated heterocycles. The molecule has 0 amide bonds. The van der Waals surface area contributed by atoms with Crippen LogP contribution in [-0.2, 0) is 0 Å².